The summed E-state index contributed by atoms with van der Waals surface area (Å²) < 4.78 is 53.9. The van der Waals surface area contributed by atoms with Crippen LogP contribution < -0.4 is 15.5 Å². The molecule has 0 spiro atoms. The molecule has 3 heterocycles. The quantitative estimate of drug-likeness (QED) is 0.474. The van der Waals surface area contributed by atoms with E-state index in [1.807, 2.05) is 11.8 Å². The average Bonchev–Trinajstić information content (AvgIpc) is 2.79. The Bertz CT molecular complexity index is 1140. The summed E-state index contributed by atoms with van der Waals surface area (Å²) in [6, 6.07) is 1.76. The molecule has 1 fully saturated rings. The molecule has 11 heteroatoms. The first-order valence-corrected chi connectivity index (χ1v) is 11.5. The molecule has 188 valence electrons. The van der Waals surface area contributed by atoms with Crippen molar-refractivity contribution in [1.29, 1.82) is 0 Å². The number of unbranched alkanes of at least 4 members (excludes halogenated alkanes) is 1. The molecule has 2 aliphatic rings. The molecule has 2 aromatic rings. The number of hydrogen-bond donors (Lipinski definition) is 2. The number of anilines is 2. The van der Waals surface area contributed by atoms with E-state index in [1.54, 1.807) is 11.8 Å². The maximum Gasteiger partial charge on any atom is 0.416 e. The van der Waals surface area contributed by atoms with Gasteiger partial charge in [-0.2, -0.15) is 13.2 Å². The zero-order valence-corrected chi connectivity index (χ0v) is 19.5. The summed E-state index contributed by atoms with van der Waals surface area (Å²) in [7, 11) is 0. The number of carbonyl (C=O) groups excluding carboxylic acids is 2. The average molecular weight is 494 g/mol. The Hall–Kier alpha value is -3.21. The Labute approximate surface area is 200 Å². The number of alkyl halides is 3. The predicted octanol–water partition coefficient (Wildman–Crippen LogP) is 3.72. The van der Waals surface area contributed by atoms with E-state index in [4.69, 9.17) is 0 Å². The minimum Gasteiger partial charge on any atom is -0.352 e. The molecule has 1 unspecified atom stereocenters. The topological polar surface area (TPSA) is 77.6 Å². The van der Waals surface area contributed by atoms with Crippen molar-refractivity contribution in [3.8, 4) is 0 Å². The maximum atomic E-state index is 13.7. The third-order valence-electron chi connectivity index (χ3n) is 6.43. The first kappa shape index (κ1) is 24.9. The molecular weight excluding hydrogens is 466 g/mol. The number of nitrogens with one attached hydrogen (secondary N) is 2. The first-order chi connectivity index (χ1) is 16.6. The predicted molar refractivity (Wildman–Crippen MR) is 123 cm³/mol. The Kier molecular flexibility index (Phi) is 6.98. The summed E-state index contributed by atoms with van der Waals surface area (Å²) in [5.74, 6) is -0.808. The monoisotopic (exact) mass is 493 g/mol. The van der Waals surface area contributed by atoms with Gasteiger partial charge in [-0.3, -0.25) is 14.5 Å². The number of aromatic nitrogens is 1. The van der Waals surface area contributed by atoms with Crippen LogP contribution in [0.3, 0.4) is 0 Å². The van der Waals surface area contributed by atoms with Crippen molar-refractivity contribution in [3.63, 3.8) is 0 Å². The van der Waals surface area contributed by atoms with Crippen LogP contribution in [0, 0.1) is 12.7 Å². The third kappa shape index (κ3) is 5.09. The number of nitrogens with zero attached hydrogens (tertiary/aromatic N) is 3. The lowest BCUT2D eigenvalue weighted by molar-refractivity contribution is -0.138. The van der Waals surface area contributed by atoms with Crippen molar-refractivity contribution >= 4 is 23.3 Å². The second-order valence-corrected chi connectivity index (χ2v) is 8.84. The zero-order chi connectivity index (χ0) is 25.3. The van der Waals surface area contributed by atoms with Gasteiger partial charge in [-0.25, -0.2) is 9.37 Å². The second-order valence-electron chi connectivity index (χ2n) is 8.84. The zero-order valence-electron chi connectivity index (χ0n) is 19.5. The number of pyridine rings is 1. The van der Waals surface area contributed by atoms with Crippen LogP contribution in [0.15, 0.2) is 24.4 Å². The van der Waals surface area contributed by atoms with E-state index < -0.39 is 23.6 Å². The summed E-state index contributed by atoms with van der Waals surface area (Å²) in [6.07, 6.45) is -1.32. The van der Waals surface area contributed by atoms with E-state index in [0.29, 0.717) is 42.3 Å². The molecule has 2 aliphatic heterocycles. The minimum absolute atomic E-state index is 0.138. The van der Waals surface area contributed by atoms with E-state index in [9.17, 15) is 27.2 Å². The van der Waals surface area contributed by atoms with Crippen LogP contribution >= 0.6 is 0 Å². The summed E-state index contributed by atoms with van der Waals surface area (Å²) in [5.41, 5.74) is 0.389. The molecule has 1 saturated heterocycles. The van der Waals surface area contributed by atoms with Gasteiger partial charge in [0.1, 0.15) is 11.9 Å². The Morgan fingerprint density at radius 2 is 2.06 bits per heavy atom. The van der Waals surface area contributed by atoms with Crippen LogP contribution in [-0.2, 0) is 17.5 Å². The van der Waals surface area contributed by atoms with E-state index in [-0.39, 0.29) is 30.5 Å². The van der Waals surface area contributed by atoms with Crippen molar-refractivity contribution < 1.29 is 27.2 Å². The number of piperazine rings is 1. The highest BCUT2D eigenvalue weighted by molar-refractivity contribution is 6.06. The third-order valence-corrected chi connectivity index (χ3v) is 6.43. The number of halogens is 4. The molecule has 0 saturated carbocycles. The largest absolute Gasteiger partial charge is 0.416 e. The van der Waals surface area contributed by atoms with Crippen molar-refractivity contribution in [2.75, 3.05) is 36.4 Å². The molecule has 1 aromatic heterocycles. The molecule has 2 N–H and O–H groups in total. The normalized spacial score (nSPS) is 18.1. The number of fused-ring (bicyclic) bond motifs is 3. The van der Waals surface area contributed by atoms with Gasteiger partial charge >= 0.3 is 6.18 Å². The van der Waals surface area contributed by atoms with E-state index >= 15 is 0 Å². The van der Waals surface area contributed by atoms with Crippen molar-refractivity contribution in [2.24, 2.45) is 0 Å². The lowest BCUT2D eigenvalue weighted by atomic mass is 10.0. The van der Waals surface area contributed by atoms with E-state index in [1.165, 1.54) is 6.20 Å². The highest BCUT2D eigenvalue weighted by atomic mass is 19.4. The molecule has 7 nitrogen and oxygen atoms in total. The smallest absolute Gasteiger partial charge is 0.352 e. The van der Waals surface area contributed by atoms with Gasteiger partial charge in [0.25, 0.3) is 5.91 Å². The van der Waals surface area contributed by atoms with Crippen molar-refractivity contribution in [2.45, 2.75) is 45.5 Å². The van der Waals surface area contributed by atoms with Crippen LogP contribution in [0.5, 0.6) is 0 Å². The second kappa shape index (κ2) is 9.80. The van der Waals surface area contributed by atoms with Gasteiger partial charge in [0.05, 0.1) is 16.8 Å². The van der Waals surface area contributed by atoms with Gasteiger partial charge < -0.3 is 15.5 Å². The van der Waals surface area contributed by atoms with Gasteiger partial charge in [0.15, 0.2) is 5.82 Å². The summed E-state index contributed by atoms with van der Waals surface area (Å²) >= 11 is 0. The summed E-state index contributed by atoms with van der Waals surface area (Å²) in [5, 5.41) is 5.67. The minimum atomic E-state index is -4.60. The Morgan fingerprint density at radius 3 is 2.77 bits per heavy atom. The van der Waals surface area contributed by atoms with E-state index in [0.717, 1.165) is 31.0 Å². The van der Waals surface area contributed by atoms with Crippen LogP contribution in [0.1, 0.15) is 46.8 Å². The number of rotatable bonds is 6. The lowest BCUT2D eigenvalue weighted by Crippen LogP contribution is -2.60. The van der Waals surface area contributed by atoms with Gasteiger partial charge in [-0.15, -0.1) is 0 Å². The number of amides is 2. The Morgan fingerprint density at radius 1 is 1.29 bits per heavy atom. The van der Waals surface area contributed by atoms with Crippen LogP contribution in [-0.4, -0.2) is 53.9 Å². The highest BCUT2D eigenvalue weighted by Gasteiger charge is 2.40. The van der Waals surface area contributed by atoms with Crippen LogP contribution in [0.2, 0.25) is 0 Å². The number of hydrogen-bond acceptors (Lipinski definition) is 5. The molecule has 0 bridgehead atoms. The molecule has 0 radical (unpaired) electrons. The van der Waals surface area contributed by atoms with E-state index in [2.05, 4.69) is 15.6 Å². The van der Waals surface area contributed by atoms with Crippen LogP contribution in [0.25, 0.3) is 0 Å². The van der Waals surface area contributed by atoms with Crippen molar-refractivity contribution in [3.05, 3.63) is 52.5 Å². The molecule has 2 amide bonds. The molecule has 1 aromatic carbocycles. The molecule has 1 atom stereocenters. The molecular formula is C24H27F4N5O2. The molecule has 35 heavy (non-hydrogen) atoms. The van der Waals surface area contributed by atoms with Gasteiger partial charge in [-0.1, -0.05) is 13.3 Å². The van der Waals surface area contributed by atoms with Crippen LogP contribution in [0.4, 0.5) is 29.1 Å². The van der Waals surface area contributed by atoms with Gasteiger partial charge in [0, 0.05) is 38.9 Å². The lowest BCUT2D eigenvalue weighted by Gasteiger charge is -2.44. The highest BCUT2D eigenvalue weighted by Crippen LogP contribution is 2.37. The first-order valence-electron chi connectivity index (χ1n) is 11.5. The fraction of sp³-hybridized carbons (Fsp3) is 0.458. The Balaban J connectivity index is 1.53. The molecule has 4 rings (SSSR count). The fourth-order valence-corrected chi connectivity index (χ4v) is 4.54. The number of benzene rings is 1. The maximum absolute atomic E-state index is 13.7. The van der Waals surface area contributed by atoms with Gasteiger partial charge in [0.2, 0.25) is 5.91 Å². The van der Waals surface area contributed by atoms with Gasteiger partial charge in [-0.05, 0) is 42.7 Å². The van der Waals surface area contributed by atoms with Crippen molar-refractivity contribution in [1.82, 2.24) is 15.2 Å². The number of carbonyl (C=O) groups is 2. The fourth-order valence-electron chi connectivity index (χ4n) is 4.54. The summed E-state index contributed by atoms with van der Waals surface area (Å²) in [6.45, 7) is 5.03. The standard InChI is InChI=1S/C24H27F4N5O2/c1-3-4-7-29-22(34)17-11-30-21-20(14(17)2)31-23(35)19-13-32(8-9-33(19)21)12-15-10-16(25)5-6-18(15)24(26,27)28/h5-6,10-11,19H,3-4,7-9,12-13H2,1-2H3,(H,29,34)(H,31,35). The summed E-state index contributed by atoms with van der Waals surface area (Å²) in [4.78, 5) is 33.5. The SMILES string of the molecule is CCCCNC(=O)c1cnc2c(c1C)NC(=O)C1CN(Cc3cc(F)ccc3C(F)(F)F)CCN21. The molecule has 0 aliphatic carbocycles.